The summed E-state index contributed by atoms with van der Waals surface area (Å²) in [5.74, 6) is 0.994. The number of aryl methyl sites for hydroxylation is 2. The first-order chi connectivity index (χ1) is 8.52. The van der Waals surface area contributed by atoms with Crippen LogP contribution in [0.3, 0.4) is 0 Å². The molecule has 94 valence electrons. The first kappa shape index (κ1) is 12.1. The molecule has 0 aliphatic heterocycles. The van der Waals surface area contributed by atoms with Crippen LogP contribution in [0.4, 0.5) is 5.69 Å². The molecule has 0 radical (unpaired) electrons. The van der Waals surface area contributed by atoms with E-state index in [4.69, 9.17) is 5.73 Å². The standard InChI is InChI=1S/C12H14N4O2/c1-7-14-8(2)16(15-7)11-5-4-9(6-10(11)13)12(17)18-3/h4-6H,13H2,1-3H3. The van der Waals surface area contributed by atoms with Gasteiger partial charge in [0.15, 0.2) is 0 Å². The minimum absolute atomic E-state index is 0.410. The largest absolute Gasteiger partial charge is 0.465 e. The third-order valence-corrected chi connectivity index (χ3v) is 2.55. The Morgan fingerprint density at radius 1 is 1.39 bits per heavy atom. The van der Waals surface area contributed by atoms with Gasteiger partial charge in [0, 0.05) is 0 Å². The van der Waals surface area contributed by atoms with E-state index in [9.17, 15) is 4.79 Å². The average Bonchev–Trinajstić information content (AvgIpc) is 2.67. The SMILES string of the molecule is COC(=O)c1ccc(-n2nc(C)nc2C)c(N)c1. The van der Waals surface area contributed by atoms with Crippen LogP contribution < -0.4 is 5.73 Å². The first-order valence-corrected chi connectivity index (χ1v) is 5.41. The molecule has 0 saturated heterocycles. The van der Waals surface area contributed by atoms with Crippen LogP contribution in [-0.4, -0.2) is 27.8 Å². The molecular formula is C12H14N4O2. The lowest BCUT2D eigenvalue weighted by Gasteiger charge is -2.08. The number of benzene rings is 1. The quantitative estimate of drug-likeness (QED) is 0.637. The van der Waals surface area contributed by atoms with Crippen molar-refractivity contribution in [2.45, 2.75) is 13.8 Å². The van der Waals surface area contributed by atoms with Crippen molar-refractivity contribution >= 4 is 11.7 Å². The van der Waals surface area contributed by atoms with Gasteiger partial charge in [-0.2, -0.15) is 5.10 Å². The average molecular weight is 246 g/mol. The van der Waals surface area contributed by atoms with Gasteiger partial charge >= 0.3 is 5.97 Å². The summed E-state index contributed by atoms with van der Waals surface area (Å²) in [6, 6.07) is 4.94. The summed E-state index contributed by atoms with van der Waals surface area (Å²) in [4.78, 5) is 15.6. The van der Waals surface area contributed by atoms with Crippen molar-refractivity contribution in [1.29, 1.82) is 0 Å². The van der Waals surface area contributed by atoms with Crippen molar-refractivity contribution < 1.29 is 9.53 Å². The van der Waals surface area contributed by atoms with Crippen molar-refractivity contribution in [2.24, 2.45) is 0 Å². The van der Waals surface area contributed by atoms with E-state index >= 15 is 0 Å². The van der Waals surface area contributed by atoms with Gasteiger partial charge in [0.05, 0.1) is 24.0 Å². The van der Waals surface area contributed by atoms with Gasteiger partial charge in [-0.05, 0) is 32.0 Å². The Hall–Kier alpha value is -2.37. The fraction of sp³-hybridized carbons (Fsp3) is 0.250. The predicted molar refractivity (Wildman–Crippen MR) is 66.6 cm³/mol. The zero-order valence-corrected chi connectivity index (χ0v) is 10.5. The maximum absolute atomic E-state index is 11.4. The topological polar surface area (TPSA) is 83.0 Å². The molecule has 0 saturated carbocycles. The number of carbonyl (C=O) groups is 1. The maximum atomic E-state index is 11.4. The number of carbonyl (C=O) groups excluding carboxylic acids is 1. The van der Waals surface area contributed by atoms with Gasteiger partial charge < -0.3 is 10.5 Å². The second-order valence-corrected chi connectivity index (χ2v) is 3.88. The number of methoxy groups -OCH3 is 1. The number of esters is 1. The number of rotatable bonds is 2. The Bertz CT molecular complexity index is 604. The van der Waals surface area contributed by atoms with Gasteiger partial charge in [-0.1, -0.05) is 0 Å². The summed E-state index contributed by atoms with van der Waals surface area (Å²) >= 11 is 0. The molecule has 0 fully saturated rings. The van der Waals surface area contributed by atoms with Crippen molar-refractivity contribution in [1.82, 2.24) is 14.8 Å². The first-order valence-electron chi connectivity index (χ1n) is 5.41. The third-order valence-electron chi connectivity index (χ3n) is 2.55. The summed E-state index contributed by atoms with van der Waals surface area (Å²) in [5.41, 5.74) is 7.48. The van der Waals surface area contributed by atoms with Gasteiger partial charge in [-0.25, -0.2) is 14.5 Å². The molecule has 1 aromatic carbocycles. The highest BCUT2D eigenvalue weighted by atomic mass is 16.5. The van der Waals surface area contributed by atoms with Gasteiger partial charge in [0.2, 0.25) is 0 Å². The molecule has 6 heteroatoms. The van der Waals surface area contributed by atoms with E-state index in [0.29, 0.717) is 22.8 Å². The molecule has 0 aliphatic carbocycles. The fourth-order valence-electron chi connectivity index (χ4n) is 1.74. The second-order valence-electron chi connectivity index (χ2n) is 3.88. The molecule has 2 aromatic rings. The Labute approximate surface area is 104 Å². The second kappa shape index (κ2) is 4.48. The highest BCUT2D eigenvalue weighted by molar-refractivity contribution is 5.91. The normalized spacial score (nSPS) is 10.4. The maximum Gasteiger partial charge on any atom is 0.337 e. The van der Waals surface area contributed by atoms with Gasteiger partial charge in [0.1, 0.15) is 11.6 Å². The molecule has 1 aromatic heterocycles. The lowest BCUT2D eigenvalue weighted by molar-refractivity contribution is 0.0601. The van der Waals surface area contributed by atoms with E-state index in [2.05, 4.69) is 14.8 Å². The zero-order valence-electron chi connectivity index (χ0n) is 10.5. The molecule has 0 atom stereocenters. The Kier molecular flexibility index (Phi) is 3.01. The molecule has 0 spiro atoms. The summed E-state index contributed by atoms with van der Waals surface area (Å²) in [5, 5.41) is 4.25. The number of ether oxygens (including phenoxy) is 1. The van der Waals surface area contributed by atoms with E-state index in [1.807, 2.05) is 13.8 Å². The van der Waals surface area contributed by atoms with Crippen LogP contribution in [0, 0.1) is 13.8 Å². The summed E-state index contributed by atoms with van der Waals surface area (Å²) in [7, 11) is 1.33. The Balaban J connectivity index is 2.48. The summed E-state index contributed by atoms with van der Waals surface area (Å²) in [6.07, 6.45) is 0. The van der Waals surface area contributed by atoms with E-state index in [1.54, 1.807) is 22.9 Å². The lowest BCUT2D eigenvalue weighted by atomic mass is 10.2. The molecule has 0 unspecified atom stereocenters. The number of nitrogens with two attached hydrogens (primary N) is 1. The molecule has 0 amide bonds. The fourth-order valence-corrected chi connectivity index (χ4v) is 1.74. The summed E-state index contributed by atoms with van der Waals surface area (Å²) in [6.45, 7) is 3.65. The van der Waals surface area contributed by atoms with Crippen LogP contribution in [0.2, 0.25) is 0 Å². The molecule has 6 nitrogen and oxygen atoms in total. The minimum atomic E-state index is -0.417. The highest BCUT2D eigenvalue weighted by Crippen LogP contribution is 2.20. The third kappa shape index (κ3) is 2.04. The number of hydrogen-bond donors (Lipinski definition) is 1. The number of nitrogens with zero attached hydrogens (tertiary/aromatic N) is 3. The highest BCUT2D eigenvalue weighted by Gasteiger charge is 2.12. The molecule has 0 bridgehead atoms. The van der Waals surface area contributed by atoms with Crippen LogP contribution in [0.15, 0.2) is 18.2 Å². The van der Waals surface area contributed by atoms with E-state index in [0.717, 1.165) is 5.82 Å². The van der Waals surface area contributed by atoms with E-state index in [1.165, 1.54) is 7.11 Å². The van der Waals surface area contributed by atoms with Crippen LogP contribution in [0.25, 0.3) is 5.69 Å². The van der Waals surface area contributed by atoms with Crippen molar-refractivity contribution in [3.63, 3.8) is 0 Å². The molecule has 0 aliphatic rings. The number of anilines is 1. The Morgan fingerprint density at radius 2 is 2.11 bits per heavy atom. The summed E-state index contributed by atoms with van der Waals surface area (Å²) < 4.78 is 6.28. The number of hydrogen-bond acceptors (Lipinski definition) is 5. The van der Waals surface area contributed by atoms with E-state index in [-0.39, 0.29) is 0 Å². The molecular weight excluding hydrogens is 232 g/mol. The number of aromatic nitrogens is 3. The monoisotopic (exact) mass is 246 g/mol. The van der Waals surface area contributed by atoms with Crippen LogP contribution in [-0.2, 0) is 4.74 Å². The van der Waals surface area contributed by atoms with Gasteiger partial charge in [0.25, 0.3) is 0 Å². The number of nitrogen functional groups attached to an aromatic ring is 1. The van der Waals surface area contributed by atoms with Gasteiger partial charge in [-0.3, -0.25) is 0 Å². The minimum Gasteiger partial charge on any atom is -0.465 e. The smallest absolute Gasteiger partial charge is 0.337 e. The zero-order chi connectivity index (χ0) is 13.3. The van der Waals surface area contributed by atoms with E-state index < -0.39 is 5.97 Å². The van der Waals surface area contributed by atoms with Crippen molar-refractivity contribution in [3.05, 3.63) is 35.4 Å². The van der Waals surface area contributed by atoms with Crippen LogP contribution in [0.5, 0.6) is 0 Å². The van der Waals surface area contributed by atoms with Gasteiger partial charge in [-0.15, -0.1) is 0 Å². The lowest BCUT2D eigenvalue weighted by Crippen LogP contribution is -2.07. The molecule has 2 N–H and O–H groups in total. The van der Waals surface area contributed by atoms with Crippen molar-refractivity contribution in [2.75, 3.05) is 12.8 Å². The Morgan fingerprint density at radius 3 is 2.61 bits per heavy atom. The molecule has 2 rings (SSSR count). The van der Waals surface area contributed by atoms with Crippen molar-refractivity contribution in [3.8, 4) is 5.69 Å². The van der Waals surface area contributed by atoms with Crippen LogP contribution >= 0.6 is 0 Å². The molecule has 18 heavy (non-hydrogen) atoms. The van der Waals surface area contributed by atoms with Crippen LogP contribution in [0.1, 0.15) is 22.0 Å². The predicted octanol–water partition coefficient (Wildman–Crippen LogP) is 1.25. The molecule has 1 heterocycles.